The lowest BCUT2D eigenvalue weighted by molar-refractivity contribution is -0.113. The molecule has 7 heteroatoms. The summed E-state index contributed by atoms with van der Waals surface area (Å²) in [5.74, 6) is -0.0192. The van der Waals surface area contributed by atoms with Crippen molar-refractivity contribution in [3.63, 3.8) is 0 Å². The highest BCUT2D eigenvalue weighted by atomic mass is 32.2. The summed E-state index contributed by atoms with van der Waals surface area (Å²) >= 11 is 1.25. The van der Waals surface area contributed by atoms with E-state index in [1.165, 1.54) is 17.3 Å². The van der Waals surface area contributed by atoms with Crippen LogP contribution in [0.15, 0.2) is 88.8 Å². The molecule has 0 bridgehead atoms. The zero-order chi connectivity index (χ0) is 24.2. The molecule has 6 nitrogen and oxygen atoms in total. The first-order valence-corrected chi connectivity index (χ1v) is 12.7. The number of benzene rings is 3. The summed E-state index contributed by atoms with van der Waals surface area (Å²) in [6.07, 6.45) is 3.35. The molecule has 1 amide bonds. The number of thioether (sulfide) groups is 1. The average molecular weight is 483 g/mol. The van der Waals surface area contributed by atoms with Crippen molar-refractivity contribution in [3.05, 3.63) is 94.8 Å². The Bertz CT molecular complexity index is 1540. The number of carbonyl (C=O) groups excluding carboxylic acids is 1. The molecule has 2 aromatic heterocycles. The number of carbonyl (C=O) groups is 1. The number of nitrogens with zero attached hydrogens (tertiary/aromatic N) is 2. The second-order valence-electron chi connectivity index (χ2n) is 8.40. The fraction of sp³-hybridized carbons (Fsp3) is 0.179. The van der Waals surface area contributed by atoms with Crippen LogP contribution in [0.3, 0.4) is 0 Å². The van der Waals surface area contributed by atoms with E-state index in [0.29, 0.717) is 21.9 Å². The summed E-state index contributed by atoms with van der Waals surface area (Å²) in [6.45, 7) is 2.18. The smallest absolute Gasteiger partial charge is 0.283 e. The third-order valence-electron chi connectivity index (χ3n) is 5.90. The van der Waals surface area contributed by atoms with Crippen LogP contribution in [0.25, 0.3) is 27.6 Å². The first-order valence-electron chi connectivity index (χ1n) is 11.7. The Labute approximate surface area is 207 Å². The van der Waals surface area contributed by atoms with Crippen LogP contribution >= 0.6 is 11.8 Å². The maximum absolute atomic E-state index is 13.5. The van der Waals surface area contributed by atoms with E-state index >= 15 is 0 Å². The van der Waals surface area contributed by atoms with Gasteiger partial charge < -0.3 is 10.3 Å². The monoisotopic (exact) mass is 482 g/mol. The number of amides is 1. The number of nitrogens with one attached hydrogen (secondary N) is 2. The summed E-state index contributed by atoms with van der Waals surface area (Å²) in [5.41, 5.74) is 4.46. The van der Waals surface area contributed by atoms with Gasteiger partial charge in [-0.05, 0) is 48.7 Å². The van der Waals surface area contributed by atoms with Gasteiger partial charge in [0.05, 0.1) is 11.4 Å². The number of hydrogen-bond donors (Lipinski definition) is 2. The van der Waals surface area contributed by atoms with Crippen molar-refractivity contribution in [2.24, 2.45) is 0 Å². The number of hydrogen-bond acceptors (Lipinski definition) is 4. The van der Waals surface area contributed by atoms with Gasteiger partial charge in [0.1, 0.15) is 11.0 Å². The largest absolute Gasteiger partial charge is 0.349 e. The van der Waals surface area contributed by atoms with E-state index in [4.69, 9.17) is 4.98 Å². The van der Waals surface area contributed by atoms with Crippen molar-refractivity contribution in [2.75, 3.05) is 11.1 Å². The molecule has 2 N–H and O–H groups in total. The zero-order valence-electron chi connectivity index (χ0n) is 19.5. The third-order valence-corrected chi connectivity index (χ3v) is 6.84. The zero-order valence-corrected chi connectivity index (χ0v) is 20.3. The van der Waals surface area contributed by atoms with Crippen LogP contribution in [-0.4, -0.2) is 26.2 Å². The molecule has 0 spiro atoms. The number of aromatic amines is 1. The van der Waals surface area contributed by atoms with Crippen molar-refractivity contribution >= 4 is 45.3 Å². The molecule has 0 aliphatic heterocycles. The average Bonchev–Trinajstić information content (AvgIpc) is 3.27. The first-order chi connectivity index (χ1) is 17.1. The lowest BCUT2D eigenvalue weighted by Gasteiger charge is -2.12. The van der Waals surface area contributed by atoms with Crippen molar-refractivity contribution in [1.82, 2.24) is 14.5 Å². The topological polar surface area (TPSA) is 79.8 Å². The molecule has 176 valence electrons. The molecule has 0 atom stereocenters. The summed E-state index contributed by atoms with van der Waals surface area (Å²) < 4.78 is 1.57. The molecule has 5 aromatic rings. The Hall–Kier alpha value is -3.84. The Morgan fingerprint density at radius 1 is 1.00 bits per heavy atom. The van der Waals surface area contributed by atoms with Gasteiger partial charge in [0.25, 0.3) is 5.56 Å². The van der Waals surface area contributed by atoms with Crippen molar-refractivity contribution in [1.29, 1.82) is 0 Å². The number of unbranched alkanes of at least 4 members (excludes halogenated alkanes) is 1. The van der Waals surface area contributed by atoms with Crippen molar-refractivity contribution in [2.45, 2.75) is 31.3 Å². The molecule has 0 unspecified atom stereocenters. The Balaban J connectivity index is 1.43. The maximum Gasteiger partial charge on any atom is 0.283 e. The SMILES string of the molecule is CCCCc1ccc(NC(=O)CSc2nc3c([nH]c4ccccc43)c(=O)n2-c2ccccc2)cc1. The highest BCUT2D eigenvalue weighted by Crippen LogP contribution is 2.26. The fourth-order valence-corrected chi connectivity index (χ4v) is 4.91. The Morgan fingerprint density at radius 3 is 2.51 bits per heavy atom. The molecule has 0 aliphatic carbocycles. The van der Waals surface area contributed by atoms with E-state index in [1.54, 1.807) is 4.57 Å². The summed E-state index contributed by atoms with van der Waals surface area (Å²) in [6, 6.07) is 25.1. The van der Waals surface area contributed by atoms with E-state index in [0.717, 1.165) is 35.9 Å². The molecule has 35 heavy (non-hydrogen) atoms. The Morgan fingerprint density at radius 2 is 1.74 bits per heavy atom. The lowest BCUT2D eigenvalue weighted by Crippen LogP contribution is -2.23. The number of aromatic nitrogens is 3. The van der Waals surface area contributed by atoms with Crippen molar-refractivity contribution < 1.29 is 4.79 Å². The summed E-state index contributed by atoms with van der Waals surface area (Å²) in [5, 5.41) is 4.31. The molecular weight excluding hydrogens is 456 g/mol. The van der Waals surface area contributed by atoms with Gasteiger partial charge in [-0.3, -0.25) is 14.2 Å². The van der Waals surface area contributed by atoms with Crippen LogP contribution in [0.5, 0.6) is 0 Å². The number of H-pyrrole nitrogens is 1. The van der Waals surface area contributed by atoms with E-state index in [2.05, 4.69) is 29.4 Å². The van der Waals surface area contributed by atoms with Gasteiger partial charge >= 0.3 is 0 Å². The molecule has 0 fully saturated rings. The molecule has 0 saturated carbocycles. The van der Waals surface area contributed by atoms with Crippen molar-refractivity contribution in [3.8, 4) is 5.69 Å². The van der Waals surface area contributed by atoms with Crippen LogP contribution in [0.2, 0.25) is 0 Å². The number of rotatable bonds is 8. The molecule has 5 rings (SSSR count). The number of para-hydroxylation sites is 2. The predicted octanol–water partition coefficient (Wildman–Crippen LogP) is 5.94. The highest BCUT2D eigenvalue weighted by molar-refractivity contribution is 7.99. The minimum absolute atomic E-state index is 0.130. The van der Waals surface area contributed by atoms with E-state index in [1.807, 2.05) is 66.7 Å². The minimum Gasteiger partial charge on any atom is -0.349 e. The van der Waals surface area contributed by atoms with Gasteiger partial charge in [-0.25, -0.2) is 4.98 Å². The minimum atomic E-state index is -0.192. The van der Waals surface area contributed by atoms with Gasteiger partial charge in [0.2, 0.25) is 5.91 Å². The van der Waals surface area contributed by atoms with E-state index in [9.17, 15) is 9.59 Å². The third kappa shape index (κ3) is 4.86. The normalized spacial score (nSPS) is 11.2. The number of anilines is 1. The lowest BCUT2D eigenvalue weighted by atomic mass is 10.1. The molecule has 0 saturated heterocycles. The van der Waals surface area contributed by atoms with Crippen LogP contribution < -0.4 is 10.9 Å². The maximum atomic E-state index is 13.5. The number of fused-ring (bicyclic) bond motifs is 3. The van der Waals surface area contributed by atoms with Crippen LogP contribution in [0, 0.1) is 0 Å². The van der Waals surface area contributed by atoms with Gasteiger partial charge in [0, 0.05) is 16.6 Å². The van der Waals surface area contributed by atoms with Crippen LogP contribution in [-0.2, 0) is 11.2 Å². The first kappa shape index (κ1) is 22.9. The molecule has 2 heterocycles. The summed E-state index contributed by atoms with van der Waals surface area (Å²) in [7, 11) is 0. The highest BCUT2D eigenvalue weighted by Gasteiger charge is 2.18. The van der Waals surface area contributed by atoms with Gasteiger partial charge in [0.15, 0.2) is 5.16 Å². The summed E-state index contributed by atoms with van der Waals surface area (Å²) in [4.78, 5) is 34.3. The van der Waals surface area contributed by atoms with E-state index in [-0.39, 0.29) is 17.2 Å². The predicted molar refractivity (Wildman–Crippen MR) is 144 cm³/mol. The van der Waals surface area contributed by atoms with Gasteiger partial charge in [-0.15, -0.1) is 0 Å². The van der Waals surface area contributed by atoms with Gasteiger partial charge in [-0.2, -0.15) is 0 Å². The molecule has 0 aliphatic rings. The molecule has 3 aromatic carbocycles. The quantitative estimate of drug-likeness (QED) is 0.212. The second-order valence-corrected chi connectivity index (χ2v) is 9.34. The molecular formula is C28H26N4O2S. The standard InChI is InChI=1S/C28H26N4O2S/c1-2-3-9-19-14-16-20(17-15-19)29-24(33)18-35-28-31-25-22-12-7-8-13-23(22)30-26(25)27(34)32(28)21-10-5-4-6-11-21/h4-8,10-17,30H,2-3,9,18H2,1H3,(H,29,33). The fourth-order valence-electron chi connectivity index (χ4n) is 4.11. The van der Waals surface area contributed by atoms with Crippen LogP contribution in [0.4, 0.5) is 5.69 Å². The van der Waals surface area contributed by atoms with Crippen LogP contribution in [0.1, 0.15) is 25.3 Å². The molecule has 0 radical (unpaired) electrons. The second kappa shape index (κ2) is 10.2. The van der Waals surface area contributed by atoms with Gasteiger partial charge in [-0.1, -0.05) is 73.6 Å². The Kier molecular flexibility index (Phi) is 6.68. The number of aryl methyl sites for hydroxylation is 1. The van der Waals surface area contributed by atoms with E-state index < -0.39 is 0 Å².